The van der Waals surface area contributed by atoms with Crippen molar-refractivity contribution >= 4 is 17.5 Å². The van der Waals surface area contributed by atoms with Crippen molar-refractivity contribution in [2.75, 3.05) is 11.9 Å². The molecule has 0 bridgehead atoms. The van der Waals surface area contributed by atoms with Gasteiger partial charge in [-0.25, -0.2) is 0 Å². The van der Waals surface area contributed by atoms with Crippen molar-refractivity contribution in [3.63, 3.8) is 0 Å². The van der Waals surface area contributed by atoms with E-state index in [9.17, 15) is 9.59 Å². The third kappa shape index (κ3) is 6.71. The molecular weight excluding hydrogens is 388 g/mol. The van der Waals surface area contributed by atoms with Crippen molar-refractivity contribution in [2.45, 2.75) is 32.7 Å². The molecule has 0 saturated carbocycles. The third-order valence-electron chi connectivity index (χ3n) is 5.14. The zero-order chi connectivity index (χ0) is 22.1. The maximum absolute atomic E-state index is 12.4. The standard InChI is InChI=1S/C26H28N2O3/c1-3-19(2)21-12-14-23(15-13-21)28-25(29)18-31-24-11-7-10-22(16-24)26(30)27-17-20-8-5-4-6-9-20/h4-16,19H,3,17-18H2,1-2H3,(H,27,30)(H,28,29)/t19-/m1/s1. The SMILES string of the molecule is CC[C@@H](C)c1ccc(NC(=O)COc2cccc(C(=O)NCc3ccccc3)c2)cc1. The lowest BCUT2D eigenvalue weighted by Gasteiger charge is -2.11. The minimum atomic E-state index is -0.254. The summed E-state index contributed by atoms with van der Waals surface area (Å²) in [5.41, 5.74) is 3.49. The predicted octanol–water partition coefficient (Wildman–Crippen LogP) is 5.15. The van der Waals surface area contributed by atoms with Crippen LogP contribution in [0.25, 0.3) is 0 Å². The van der Waals surface area contributed by atoms with Gasteiger partial charge in [0.05, 0.1) is 0 Å². The lowest BCUT2D eigenvalue weighted by molar-refractivity contribution is -0.118. The Kier molecular flexibility index (Phi) is 7.82. The summed E-state index contributed by atoms with van der Waals surface area (Å²) in [5, 5.41) is 5.71. The largest absolute Gasteiger partial charge is 0.484 e. The van der Waals surface area contributed by atoms with E-state index in [0.717, 1.165) is 17.7 Å². The molecule has 0 aliphatic carbocycles. The highest BCUT2D eigenvalue weighted by atomic mass is 16.5. The Bertz CT molecular complexity index is 1000. The Morgan fingerprint density at radius 1 is 0.935 bits per heavy atom. The quantitative estimate of drug-likeness (QED) is 0.507. The fourth-order valence-electron chi connectivity index (χ4n) is 3.08. The highest BCUT2D eigenvalue weighted by molar-refractivity contribution is 5.94. The van der Waals surface area contributed by atoms with Crippen LogP contribution in [0.3, 0.4) is 0 Å². The summed E-state index contributed by atoms with van der Waals surface area (Å²) in [6, 6.07) is 24.4. The minimum Gasteiger partial charge on any atom is -0.484 e. The van der Waals surface area contributed by atoms with Crippen LogP contribution in [0.5, 0.6) is 5.75 Å². The first-order valence-electron chi connectivity index (χ1n) is 10.5. The van der Waals surface area contributed by atoms with Crippen LogP contribution in [0.2, 0.25) is 0 Å². The number of benzene rings is 3. The van der Waals surface area contributed by atoms with Gasteiger partial charge >= 0.3 is 0 Å². The first kappa shape index (κ1) is 22.1. The molecule has 1 atom stereocenters. The van der Waals surface area contributed by atoms with Crippen molar-refractivity contribution < 1.29 is 14.3 Å². The van der Waals surface area contributed by atoms with Crippen molar-refractivity contribution in [3.05, 3.63) is 95.6 Å². The molecule has 0 fully saturated rings. The van der Waals surface area contributed by atoms with Crippen LogP contribution in [0.4, 0.5) is 5.69 Å². The van der Waals surface area contributed by atoms with Crippen molar-refractivity contribution in [2.24, 2.45) is 0 Å². The van der Waals surface area contributed by atoms with Crippen LogP contribution >= 0.6 is 0 Å². The minimum absolute atomic E-state index is 0.137. The van der Waals surface area contributed by atoms with E-state index < -0.39 is 0 Å². The molecule has 0 unspecified atom stereocenters. The van der Waals surface area contributed by atoms with Gasteiger partial charge in [0.2, 0.25) is 0 Å². The molecule has 31 heavy (non-hydrogen) atoms. The Morgan fingerprint density at radius 3 is 2.39 bits per heavy atom. The van der Waals surface area contributed by atoms with Crippen LogP contribution in [-0.4, -0.2) is 18.4 Å². The summed E-state index contributed by atoms with van der Waals surface area (Å²) in [6.45, 7) is 4.64. The van der Waals surface area contributed by atoms with E-state index in [4.69, 9.17) is 4.74 Å². The maximum Gasteiger partial charge on any atom is 0.262 e. The van der Waals surface area contributed by atoms with Crippen molar-refractivity contribution in [1.29, 1.82) is 0 Å². The first-order valence-corrected chi connectivity index (χ1v) is 10.5. The molecule has 2 amide bonds. The topological polar surface area (TPSA) is 67.4 Å². The maximum atomic E-state index is 12.4. The highest BCUT2D eigenvalue weighted by Gasteiger charge is 2.09. The Morgan fingerprint density at radius 2 is 1.68 bits per heavy atom. The van der Waals surface area contributed by atoms with Crippen LogP contribution in [0, 0.1) is 0 Å². The monoisotopic (exact) mass is 416 g/mol. The van der Waals surface area contributed by atoms with E-state index in [2.05, 4.69) is 24.5 Å². The Balaban J connectivity index is 1.50. The predicted molar refractivity (Wildman–Crippen MR) is 123 cm³/mol. The van der Waals surface area contributed by atoms with Gasteiger partial charge in [-0.3, -0.25) is 9.59 Å². The molecular formula is C26H28N2O3. The molecule has 0 radical (unpaired) electrons. The van der Waals surface area contributed by atoms with Gasteiger partial charge < -0.3 is 15.4 Å². The Labute approximate surface area is 183 Å². The molecule has 0 aromatic heterocycles. The molecule has 0 spiro atoms. The zero-order valence-corrected chi connectivity index (χ0v) is 17.9. The average Bonchev–Trinajstić information content (AvgIpc) is 2.82. The molecule has 0 saturated heterocycles. The second-order valence-corrected chi connectivity index (χ2v) is 7.46. The van der Waals surface area contributed by atoms with Crippen molar-refractivity contribution in [1.82, 2.24) is 5.32 Å². The fourth-order valence-corrected chi connectivity index (χ4v) is 3.08. The van der Waals surface area contributed by atoms with Gasteiger partial charge in [0.1, 0.15) is 5.75 Å². The van der Waals surface area contributed by atoms with Gasteiger partial charge in [0.15, 0.2) is 6.61 Å². The molecule has 2 N–H and O–H groups in total. The smallest absolute Gasteiger partial charge is 0.262 e. The van der Waals surface area contributed by atoms with E-state index in [1.165, 1.54) is 5.56 Å². The second kappa shape index (κ2) is 11.0. The van der Waals surface area contributed by atoms with Crippen LogP contribution < -0.4 is 15.4 Å². The number of amides is 2. The average molecular weight is 417 g/mol. The summed E-state index contributed by atoms with van der Waals surface area (Å²) in [6.07, 6.45) is 1.07. The van der Waals surface area contributed by atoms with Gasteiger partial charge in [-0.05, 0) is 53.8 Å². The molecule has 0 heterocycles. The normalized spacial score (nSPS) is 11.4. The van der Waals surface area contributed by atoms with Crippen LogP contribution in [0.15, 0.2) is 78.9 Å². The number of hydrogen-bond donors (Lipinski definition) is 2. The van der Waals surface area contributed by atoms with Gasteiger partial charge in [0, 0.05) is 17.8 Å². The summed E-state index contributed by atoms with van der Waals surface area (Å²) in [7, 11) is 0. The third-order valence-corrected chi connectivity index (χ3v) is 5.14. The summed E-state index contributed by atoms with van der Waals surface area (Å²) in [4.78, 5) is 24.6. The molecule has 0 aliphatic rings. The van der Waals surface area contributed by atoms with Crippen LogP contribution in [0.1, 0.15) is 47.7 Å². The van der Waals surface area contributed by atoms with E-state index in [1.54, 1.807) is 24.3 Å². The fraction of sp³-hybridized carbons (Fsp3) is 0.231. The number of anilines is 1. The number of carbonyl (C=O) groups excluding carboxylic acids is 2. The van der Waals surface area contributed by atoms with Crippen molar-refractivity contribution in [3.8, 4) is 5.75 Å². The second-order valence-electron chi connectivity index (χ2n) is 7.46. The molecule has 0 aliphatic heterocycles. The van der Waals surface area contributed by atoms with Gasteiger partial charge in [-0.2, -0.15) is 0 Å². The summed E-state index contributed by atoms with van der Waals surface area (Å²) in [5.74, 6) is 0.509. The van der Waals surface area contributed by atoms with Gasteiger partial charge in [-0.1, -0.05) is 62.4 Å². The van der Waals surface area contributed by atoms with E-state index in [-0.39, 0.29) is 18.4 Å². The number of rotatable bonds is 9. The van der Waals surface area contributed by atoms with Gasteiger partial charge in [0.25, 0.3) is 11.8 Å². The van der Waals surface area contributed by atoms with Gasteiger partial charge in [-0.15, -0.1) is 0 Å². The first-order chi connectivity index (χ1) is 15.0. The lowest BCUT2D eigenvalue weighted by Crippen LogP contribution is -2.23. The Hall–Kier alpha value is -3.60. The number of carbonyl (C=O) groups is 2. The summed E-state index contributed by atoms with van der Waals surface area (Å²) < 4.78 is 5.58. The molecule has 3 aromatic carbocycles. The molecule has 5 heteroatoms. The number of hydrogen-bond acceptors (Lipinski definition) is 3. The molecule has 160 valence electrons. The van der Waals surface area contributed by atoms with E-state index in [0.29, 0.717) is 23.8 Å². The zero-order valence-electron chi connectivity index (χ0n) is 17.9. The molecule has 5 nitrogen and oxygen atoms in total. The molecule has 3 aromatic rings. The summed E-state index contributed by atoms with van der Waals surface area (Å²) >= 11 is 0. The highest BCUT2D eigenvalue weighted by Crippen LogP contribution is 2.20. The van der Waals surface area contributed by atoms with Crippen LogP contribution in [-0.2, 0) is 11.3 Å². The number of nitrogens with one attached hydrogen (secondary N) is 2. The van der Waals surface area contributed by atoms with E-state index >= 15 is 0 Å². The van der Waals surface area contributed by atoms with E-state index in [1.807, 2.05) is 54.6 Å². The molecule has 3 rings (SSSR count). The lowest BCUT2D eigenvalue weighted by atomic mass is 9.99. The number of ether oxygens (including phenoxy) is 1.